The Labute approximate surface area is 114 Å². The SMILES string of the molecule is COc1ccc(-c2cncn2CC(C)C)cc1OC. The van der Waals surface area contributed by atoms with Crippen molar-refractivity contribution in [1.29, 1.82) is 0 Å². The van der Waals surface area contributed by atoms with E-state index in [1.807, 2.05) is 30.7 Å². The lowest BCUT2D eigenvalue weighted by Crippen LogP contribution is -2.04. The minimum Gasteiger partial charge on any atom is -0.493 e. The smallest absolute Gasteiger partial charge is 0.161 e. The number of imidazole rings is 1. The van der Waals surface area contributed by atoms with Crippen molar-refractivity contribution in [3.05, 3.63) is 30.7 Å². The van der Waals surface area contributed by atoms with E-state index in [1.165, 1.54) is 0 Å². The van der Waals surface area contributed by atoms with Crippen LogP contribution in [0.15, 0.2) is 30.7 Å². The van der Waals surface area contributed by atoms with Gasteiger partial charge in [-0.05, 0) is 24.1 Å². The highest BCUT2D eigenvalue weighted by Gasteiger charge is 2.10. The summed E-state index contributed by atoms with van der Waals surface area (Å²) < 4.78 is 12.8. The molecule has 4 nitrogen and oxygen atoms in total. The summed E-state index contributed by atoms with van der Waals surface area (Å²) in [5.41, 5.74) is 2.17. The van der Waals surface area contributed by atoms with Crippen LogP contribution >= 0.6 is 0 Å². The van der Waals surface area contributed by atoms with E-state index in [4.69, 9.17) is 9.47 Å². The van der Waals surface area contributed by atoms with Gasteiger partial charge in [-0.3, -0.25) is 0 Å². The van der Waals surface area contributed by atoms with Gasteiger partial charge in [-0.25, -0.2) is 4.98 Å². The number of ether oxygens (including phenoxy) is 2. The maximum absolute atomic E-state index is 5.34. The van der Waals surface area contributed by atoms with Gasteiger partial charge in [-0.15, -0.1) is 0 Å². The van der Waals surface area contributed by atoms with Crippen molar-refractivity contribution >= 4 is 0 Å². The summed E-state index contributed by atoms with van der Waals surface area (Å²) in [6, 6.07) is 5.92. The fourth-order valence-corrected chi connectivity index (χ4v) is 2.10. The normalized spacial score (nSPS) is 10.8. The van der Waals surface area contributed by atoms with Crippen LogP contribution in [-0.2, 0) is 6.54 Å². The Morgan fingerprint density at radius 3 is 2.53 bits per heavy atom. The number of nitrogens with zero attached hydrogens (tertiary/aromatic N) is 2. The second-order valence-corrected chi connectivity index (χ2v) is 4.89. The maximum Gasteiger partial charge on any atom is 0.161 e. The van der Waals surface area contributed by atoms with Crippen molar-refractivity contribution in [2.45, 2.75) is 20.4 Å². The summed E-state index contributed by atoms with van der Waals surface area (Å²) in [7, 11) is 3.29. The Morgan fingerprint density at radius 2 is 1.89 bits per heavy atom. The molecule has 0 aliphatic carbocycles. The van der Waals surface area contributed by atoms with E-state index >= 15 is 0 Å². The Kier molecular flexibility index (Phi) is 4.10. The maximum atomic E-state index is 5.34. The molecule has 0 saturated carbocycles. The number of rotatable bonds is 5. The van der Waals surface area contributed by atoms with Crippen LogP contribution in [0.4, 0.5) is 0 Å². The summed E-state index contributed by atoms with van der Waals surface area (Å²) in [6.07, 6.45) is 3.75. The molecule has 102 valence electrons. The molecule has 2 rings (SSSR count). The summed E-state index contributed by atoms with van der Waals surface area (Å²) in [4.78, 5) is 4.24. The first-order valence-electron chi connectivity index (χ1n) is 6.38. The summed E-state index contributed by atoms with van der Waals surface area (Å²) in [5, 5.41) is 0. The van der Waals surface area contributed by atoms with Gasteiger partial charge in [0.05, 0.1) is 32.4 Å². The number of aromatic nitrogens is 2. The number of hydrogen-bond donors (Lipinski definition) is 0. The van der Waals surface area contributed by atoms with Crippen molar-refractivity contribution in [3.63, 3.8) is 0 Å². The highest BCUT2D eigenvalue weighted by atomic mass is 16.5. The van der Waals surface area contributed by atoms with Crippen LogP contribution in [0.3, 0.4) is 0 Å². The second-order valence-electron chi connectivity index (χ2n) is 4.89. The summed E-state index contributed by atoms with van der Waals surface area (Å²) in [6.45, 7) is 5.33. The molecule has 0 radical (unpaired) electrons. The van der Waals surface area contributed by atoms with E-state index < -0.39 is 0 Å². The van der Waals surface area contributed by atoms with Gasteiger partial charge in [0.15, 0.2) is 11.5 Å². The van der Waals surface area contributed by atoms with Crippen molar-refractivity contribution in [2.75, 3.05) is 14.2 Å². The topological polar surface area (TPSA) is 36.3 Å². The van der Waals surface area contributed by atoms with Gasteiger partial charge < -0.3 is 14.0 Å². The lowest BCUT2D eigenvalue weighted by atomic mass is 10.1. The highest BCUT2D eigenvalue weighted by Crippen LogP contribution is 2.32. The molecule has 0 aliphatic rings. The molecule has 19 heavy (non-hydrogen) atoms. The molecule has 0 fully saturated rings. The van der Waals surface area contributed by atoms with Crippen molar-refractivity contribution < 1.29 is 9.47 Å². The van der Waals surface area contributed by atoms with E-state index in [2.05, 4.69) is 23.4 Å². The molecular weight excluding hydrogens is 240 g/mol. The zero-order valence-electron chi connectivity index (χ0n) is 11.9. The lowest BCUT2D eigenvalue weighted by Gasteiger charge is -2.13. The van der Waals surface area contributed by atoms with E-state index in [0.717, 1.165) is 29.3 Å². The molecule has 1 aromatic heterocycles. The molecule has 0 saturated heterocycles. The van der Waals surface area contributed by atoms with Crippen LogP contribution in [0, 0.1) is 5.92 Å². The van der Waals surface area contributed by atoms with E-state index in [-0.39, 0.29) is 0 Å². The van der Waals surface area contributed by atoms with Crippen LogP contribution in [0.1, 0.15) is 13.8 Å². The molecule has 0 spiro atoms. The summed E-state index contributed by atoms with van der Waals surface area (Å²) in [5.74, 6) is 2.05. The van der Waals surface area contributed by atoms with Crippen molar-refractivity contribution in [2.24, 2.45) is 5.92 Å². The molecule has 2 aromatic rings. The van der Waals surface area contributed by atoms with Crippen LogP contribution < -0.4 is 9.47 Å². The molecule has 0 atom stereocenters. The van der Waals surface area contributed by atoms with E-state index in [1.54, 1.807) is 14.2 Å². The average Bonchev–Trinajstić information content (AvgIpc) is 2.85. The lowest BCUT2D eigenvalue weighted by molar-refractivity contribution is 0.355. The van der Waals surface area contributed by atoms with Gasteiger partial charge in [0.1, 0.15) is 0 Å². The molecular formula is C15H20N2O2. The van der Waals surface area contributed by atoms with Crippen molar-refractivity contribution in [3.8, 4) is 22.8 Å². The molecule has 1 aromatic carbocycles. The highest BCUT2D eigenvalue weighted by molar-refractivity contribution is 5.63. The van der Waals surface area contributed by atoms with Gasteiger partial charge in [0, 0.05) is 12.1 Å². The Hall–Kier alpha value is -1.97. The minimum atomic E-state index is 0.577. The molecule has 1 heterocycles. The standard InChI is InChI=1S/C15H20N2O2/c1-11(2)9-17-10-16-8-13(17)12-5-6-14(18-3)15(7-12)19-4/h5-8,10-11H,9H2,1-4H3. The molecule has 4 heteroatoms. The number of benzene rings is 1. The average molecular weight is 260 g/mol. The number of methoxy groups -OCH3 is 2. The fraction of sp³-hybridized carbons (Fsp3) is 0.400. The molecule has 0 bridgehead atoms. The first-order valence-corrected chi connectivity index (χ1v) is 6.38. The van der Waals surface area contributed by atoms with E-state index in [0.29, 0.717) is 5.92 Å². The first kappa shape index (κ1) is 13.5. The third-order valence-corrected chi connectivity index (χ3v) is 2.95. The third kappa shape index (κ3) is 2.89. The van der Waals surface area contributed by atoms with Crippen LogP contribution in [-0.4, -0.2) is 23.8 Å². The predicted molar refractivity (Wildman–Crippen MR) is 75.6 cm³/mol. The quantitative estimate of drug-likeness (QED) is 0.828. The van der Waals surface area contributed by atoms with Gasteiger partial charge >= 0.3 is 0 Å². The van der Waals surface area contributed by atoms with E-state index in [9.17, 15) is 0 Å². The fourth-order valence-electron chi connectivity index (χ4n) is 2.10. The molecule has 0 amide bonds. The van der Waals surface area contributed by atoms with Crippen molar-refractivity contribution in [1.82, 2.24) is 9.55 Å². The zero-order chi connectivity index (χ0) is 13.8. The van der Waals surface area contributed by atoms with Crippen LogP contribution in [0.25, 0.3) is 11.3 Å². The molecule has 0 aliphatic heterocycles. The minimum absolute atomic E-state index is 0.577. The Balaban J connectivity index is 2.39. The van der Waals surface area contributed by atoms with Gasteiger partial charge in [0.25, 0.3) is 0 Å². The van der Waals surface area contributed by atoms with Gasteiger partial charge in [-0.2, -0.15) is 0 Å². The summed E-state index contributed by atoms with van der Waals surface area (Å²) >= 11 is 0. The Bertz CT molecular complexity index is 547. The molecule has 0 unspecified atom stereocenters. The van der Waals surface area contributed by atoms with Crippen LogP contribution in [0.2, 0.25) is 0 Å². The Morgan fingerprint density at radius 1 is 1.16 bits per heavy atom. The van der Waals surface area contributed by atoms with Gasteiger partial charge in [-0.1, -0.05) is 13.8 Å². The predicted octanol–water partition coefficient (Wildman–Crippen LogP) is 3.22. The monoisotopic (exact) mass is 260 g/mol. The third-order valence-electron chi connectivity index (χ3n) is 2.95. The first-order chi connectivity index (χ1) is 9.15. The second kappa shape index (κ2) is 5.78. The van der Waals surface area contributed by atoms with Gasteiger partial charge in [0.2, 0.25) is 0 Å². The molecule has 0 N–H and O–H groups in total. The number of hydrogen-bond acceptors (Lipinski definition) is 3. The van der Waals surface area contributed by atoms with Crippen LogP contribution in [0.5, 0.6) is 11.5 Å². The zero-order valence-corrected chi connectivity index (χ0v) is 11.9. The largest absolute Gasteiger partial charge is 0.493 e.